The zero-order valence-corrected chi connectivity index (χ0v) is 9.52. The molecule has 0 saturated heterocycles. The fraction of sp³-hybridized carbons (Fsp3) is 0.615. The van der Waals surface area contributed by atoms with Gasteiger partial charge in [-0.05, 0) is 49.7 Å². The Labute approximate surface area is 96.4 Å². The van der Waals surface area contributed by atoms with Gasteiger partial charge in [0.1, 0.15) is 0 Å². The van der Waals surface area contributed by atoms with E-state index in [1.165, 1.54) is 25.7 Å². The summed E-state index contributed by atoms with van der Waals surface area (Å²) in [5, 5.41) is 3.68. The van der Waals surface area contributed by atoms with Gasteiger partial charge in [-0.2, -0.15) is 0 Å². The van der Waals surface area contributed by atoms with Gasteiger partial charge < -0.3 is 11.1 Å². The topological polar surface area (TPSA) is 50.9 Å². The Balaban J connectivity index is 1.56. The standard InChI is InChI=1S/C13H19N3/c14-11-5-6-12(15-7-11)8-16-13(9-1-2-9)10-3-4-10/h5-7,9-10,13,16H,1-4,8,14H2. The molecule has 0 radical (unpaired) electrons. The van der Waals surface area contributed by atoms with E-state index in [0.717, 1.165) is 35.8 Å². The Hall–Kier alpha value is -1.09. The minimum atomic E-state index is 0.740. The summed E-state index contributed by atoms with van der Waals surface area (Å²) in [5.74, 6) is 1.89. The molecule has 3 rings (SSSR count). The zero-order valence-electron chi connectivity index (χ0n) is 9.52. The second kappa shape index (κ2) is 4.06. The van der Waals surface area contributed by atoms with Gasteiger partial charge in [-0.15, -0.1) is 0 Å². The smallest absolute Gasteiger partial charge is 0.0543 e. The van der Waals surface area contributed by atoms with E-state index in [-0.39, 0.29) is 0 Å². The molecule has 2 aliphatic rings. The highest BCUT2D eigenvalue weighted by atomic mass is 15.0. The first-order valence-corrected chi connectivity index (χ1v) is 6.27. The van der Waals surface area contributed by atoms with Gasteiger partial charge in [-0.1, -0.05) is 0 Å². The molecule has 0 aliphatic heterocycles. The molecule has 0 bridgehead atoms. The summed E-state index contributed by atoms with van der Waals surface area (Å²) < 4.78 is 0. The minimum absolute atomic E-state index is 0.740. The van der Waals surface area contributed by atoms with E-state index in [1.807, 2.05) is 12.1 Å². The van der Waals surface area contributed by atoms with Crippen LogP contribution in [0.25, 0.3) is 0 Å². The highest BCUT2D eigenvalue weighted by Gasteiger charge is 2.40. The molecule has 2 fully saturated rings. The highest BCUT2D eigenvalue weighted by Crippen LogP contribution is 2.44. The Morgan fingerprint density at radius 3 is 2.44 bits per heavy atom. The largest absolute Gasteiger partial charge is 0.397 e. The molecule has 0 amide bonds. The summed E-state index contributed by atoms with van der Waals surface area (Å²) in [4.78, 5) is 4.32. The second-order valence-electron chi connectivity index (χ2n) is 5.16. The number of anilines is 1. The molecule has 3 nitrogen and oxygen atoms in total. The Morgan fingerprint density at radius 1 is 1.25 bits per heavy atom. The van der Waals surface area contributed by atoms with E-state index in [2.05, 4.69) is 10.3 Å². The van der Waals surface area contributed by atoms with Gasteiger partial charge in [0, 0.05) is 12.6 Å². The third kappa shape index (κ3) is 2.35. The van der Waals surface area contributed by atoms with Gasteiger partial charge in [0.05, 0.1) is 17.6 Å². The number of hydrogen-bond acceptors (Lipinski definition) is 3. The number of nitrogen functional groups attached to an aromatic ring is 1. The molecule has 2 aliphatic carbocycles. The maximum absolute atomic E-state index is 5.62. The van der Waals surface area contributed by atoms with Crippen molar-refractivity contribution >= 4 is 5.69 Å². The zero-order chi connectivity index (χ0) is 11.0. The first-order chi connectivity index (χ1) is 7.83. The van der Waals surface area contributed by atoms with Crippen molar-refractivity contribution in [3.8, 4) is 0 Å². The average molecular weight is 217 g/mol. The van der Waals surface area contributed by atoms with Crippen LogP contribution < -0.4 is 11.1 Å². The Kier molecular flexibility index (Phi) is 2.56. The third-order valence-corrected chi connectivity index (χ3v) is 3.63. The molecule has 1 aromatic rings. The number of nitrogens with one attached hydrogen (secondary N) is 1. The summed E-state index contributed by atoms with van der Waals surface area (Å²) in [6, 6.07) is 4.69. The SMILES string of the molecule is Nc1ccc(CNC(C2CC2)C2CC2)nc1. The molecule has 0 aromatic carbocycles. The van der Waals surface area contributed by atoms with Crippen LogP contribution in [0.2, 0.25) is 0 Å². The molecule has 0 spiro atoms. The van der Waals surface area contributed by atoms with E-state index < -0.39 is 0 Å². The van der Waals surface area contributed by atoms with E-state index in [0.29, 0.717) is 0 Å². The third-order valence-electron chi connectivity index (χ3n) is 3.63. The monoisotopic (exact) mass is 217 g/mol. The normalized spacial score (nSPS) is 20.3. The molecule has 2 saturated carbocycles. The van der Waals surface area contributed by atoms with Crippen LogP contribution in [0.5, 0.6) is 0 Å². The number of aromatic nitrogens is 1. The van der Waals surface area contributed by atoms with Crippen molar-refractivity contribution in [2.24, 2.45) is 11.8 Å². The van der Waals surface area contributed by atoms with Crippen molar-refractivity contribution in [3.63, 3.8) is 0 Å². The molecule has 86 valence electrons. The molecule has 16 heavy (non-hydrogen) atoms. The summed E-state index contributed by atoms with van der Waals surface area (Å²) in [5.41, 5.74) is 7.45. The molecule has 0 atom stereocenters. The van der Waals surface area contributed by atoms with E-state index in [1.54, 1.807) is 6.20 Å². The van der Waals surface area contributed by atoms with E-state index in [9.17, 15) is 0 Å². The van der Waals surface area contributed by atoms with Crippen LogP contribution in [0, 0.1) is 11.8 Å². The fourth-order valence-electron chi connectivity index (χ4n) is 2.39. The van der Waals surface area contributed by atoms with Crippen LogP contribution in [0.3, 0.4) is 0 Å². The van der Waals surface area contributed by atoms with Crippen LogP contribution in [0.1, 0.15) is 31.4 Å². The number of pyridine rings is 1. The van der Waals surface area contributed by atoms with Crippen molar-refractivity contribution in [1.82, 2.24) is 10.3 Å². The summed E-state index contributed by atoms with van der Waals surface area (Å²) in [6.45, 7) is 0.887. The lowest BCUT2D eigenvalue weighted by molar-refractivity contribution is 0.413. The van der Waals surface area contributed by atoms with Gasteiger partial charge in [0.25, 0.3) is 0 Å². The lowest BCUT2D eigenvalue weighted by Gasteiger charge is -2.17. The quantitative estimate of drug-likeness (QED) is 0.792. The van der Waals surface area contributed by atoms with Crippen molar-refractivity contribution in [2.75, 3.05) is 5.73 Å². The maximum Gasteiger partial charge on any atom is 0.0543 e. The van der Waals surface area contributed by atoms with Crippen LogP contribution >= 0.6 is 0 Å². The predicted molar refractivity (Wildman–Crippen MR) is 64.7 cm³/mol. The average Bonchev–Trinajstić information content (AvgIpc) is 3.15. The molecule has 3 N–H and O–H groups in total. The Morgan fingerprint density at radius 2 is 1.94 bits per heavy atom. The minimum Gasteiger partial charge on any atom is -0.397 e. The van der Waals surface area contributed by atoms with Crippen molar-refractivity contribution in [1.29, 1.82) is 0 Å². The summed E-state index contributed by atoms with van der Waals surface area (Å²) in [7, 11) is 0. The molecule has 3 heteroatoms. The number of hydrogen-bond donors (Lipinski definition) is 2. The molecule has 0 unspecified atom stereocenters. The van der Waals surface area contributed by atoms with Crippen molar-refractivity contribution in [3.05, 3.63) is 24.0 Å². The molecule has 1 aromatic heterocycles. The van der Waals surface area contributed by atoms with Crippen molar-refractivity contribution in [2.45, 2.75) is 38.3 Å². The van der Waals surface area contributed by atoms with Gasteiger partial charge in [0.15, 0.2) is 0 Å². The lowest BCUT2D eigenvalue weighted by Crippen LogP contribution is -2.32. The van der Waals surface area contributed by atoms with E-state index in [4.69, 9.17) is 5.73 Å². The first kappa shape index (κ1) is 10.1. The van der Waals surface area contributed by atoms with Crippen LogP contribution in [0.15, 0.2) is 18.3 Å². The fourth-order valence-corrected chi connectivity index (χ4v) is 2.39. The molecular formula is C13H19N3. The lowest BCUT2D eigenvalue weighted by atomic mass is 10.1. The van der Waals surface area contributed by atoms with Gasteiger partial charge in [-0.25, -0.2) is 0 Å². The molecule has 1 heterocycles. The number of rotatable bonds is 5. The van der Waals surface area contributed by atoms with Crippen molar-refractivity contribution < 1.29 is 0 Å². The van der Waals surface area contributed by atoms with E-state index >= 15 is 0 Å². The number of nitrogens with zero attached hydrogens (tertiary/aromatic N) is 1. The van der Waals surface area contributed by atoms with Crippen LogP contribution in [0.4, 0.5) is 5.69 Å². The summed E-state index contributed by atoms with van der Waals surface area (Å²) >= 11 is 0. The van der Waals surface area contributed by atoms with Crippen LogP contribution in [-0.2, 0) is 6.54 Å². The number of nitrogens with two attached hydrogens (primary N) is 1. The summed E-state index contributed by atoms with van der Waals surface area (Å²) in [6.07, 6.45) is 7.42. The van der Waals surface area contributed by atoms with Gasteiger partial charge >= 0.3 is 0 Å². The maximum atomic E-state index is 5.62. The van der Waals surface area contributed by atoms with Gasteiger partial charge in [0.2, 0.25) is 0 Å². The highest BCUT2D eigenvalue weighted by molar-refractivity contribution is 5.34. The molecular weight excluding hydrogens is 198 g/mol. The van der Waals surface area contributed by atoms with Gasteiger partial charge in [-0.3, -0.25) is 4.98 Å². The van der Waals surface area contributed by atoms with Crippen LogP contribution in [-0.4, -0.2) is 11.0 Å². The first-order valence-electron chi connectivity index (χ1n) is 6.27. The Bertz CT molecular complexity index is 340. The second-order valence-corrected chi connectivity index (χ2v) is 5.16. The predicted octanol–water partition coefficient (Wildman–Crippen LogP) is 1.94.